The van der Waals surface area contributed by atoms with Gasteiger partial charge in [-0.3, -0.25) is 9.78 Å². The van der Waals surface area contributed by atoms with Gasteiger partial charge in [0.05, 0.1) is 11.9 Å². The van der Waals surface area contributed by atoms with Crippen molar-refractivity contribution in [3.05, 3.63) is 35.7 Å². The van der Waals surface area contributed by atoms with Crippen molar-refractivity contribution in [1.82, 2.24) is 10.3 Å². The fourth-order valence-corrected chi connectivity index (χ4v) is 1.90. The molecule has 1 amide bonds. The molecule has 4 nitrogen and oxygen atoms in total. The summed E-state index contributed by atoms with van der Waals surface area (Å²) in [7, 11) is 1.77. The van der Waals surface area contributed by atoms with Crippen LogP contribution >= 0.6 is 0 Å². The van der Waals surface area contributed by atoms with Gasteiger partial charge in [0.15, 0.2) is 0 Å². The standard InChI is InChI=1S/C13H17N3O/c1-3-4-13(17)16(2)11-7-10-8-14-6-5-12(10)15-9-11/h3-4,7,9,14H,5-6,8H2,1-2H3/b4-3+. The maximum Gasteiger partial charge on any atom is 0.250 e. The zero-order valence-electron chi connectivity index (χ0n) is 10.2. The van der Waals surface area contributed by atoms with Crippen LogP contribution in [-0.4, -0.2) is 24.5 Å². The van der Waals surface area contributed by atoms with Crippen LogP contribution < -0.4 is 10.2 Å². The molecule has 1 aliphatic rings. The van der Waals surface area contributed by atoms with Crippen LogP contribution in [0, 0.1) is 0 Å². The number of nitrogens with one attached hydrogen (secondary N) is 1. The molecule has 4 heteroatoms. The highest BCUT2D eigenvalue weighted by Crippen LogP contribution is 2.19. The van der Waals surface area contributed by atoms with Crippen LogP contribution in [0.1, 0.15) is 18.2 Å². The van der Waals surface area contributed by atoms with Crippen LogP contribution in [0.4, 0.5) is 5.69 Å². The average molecular weight is 231 g/mol. The molecule has 0 saturated heterocycles. The van der Waals surface area contributed by atoms with Crippen molar-refractivity contribution < 1.29 is 4.79 Å². The Bertz CT molecular complexity index is 454. The summed E-state index contributed by atoms with van der Waals surface area (Å²) >= 11 is 0. The van der Waals surface area contributed by atoms with Crippen molar-refractivity contribution in [2.24, 2.45) is 0 Å². The summed E-state index contributed by atoms with van der Waals surface area (Å²) in [5.41, 5.74) is 3.17. The molecule has 0 atom stereocenters. The normalized spacial score (nSPS) is 14.7. The minimum atomic E-state index is -0.0296. The van der Waals surface area contributed by atoms with Gasteiger partial charge in [-0.05, 0) is 24.6 Å². The molecule has 0 fully saturated rings. The number of carbonyl (C=O) groups excluding carboxylic acids is 1. The maximum absolute atomic E-state index is 11.7. The number of carbonyl (C=O) groups is 1. The first-order valence-corrected chi connectivity index (χ1v) is 5.81. The summed E-state index contributed by atoms with van der Waals surface area (Å²) in [5, 5.41) is 3.30. The van der Waals surface area contributed by atoms with Crippen LogP contribution in [0.3, 0.4) is 0 Å². The van der Waals surface area contributed by atoms with E-state index in [0.717, 1.165) is 30.9 Å². The Kier molecular flexibility index (Phi) is 3.54. The minimum Gasteiger partial charge on any atom is -0.312 e. The Balaban J connectivity index is 2.24. The largest absolute Gasteiger partial charge is 0.312 e. The number of allylic oxidation sites excluding steroid dienone is 1. The zero-order valence-corrected chi connectivity index (χ0v) is 10.2. The Morgan fingerprint density at radius 2 is 2.41 bits per heavy atom. The number of hydrogen-bond acceptors (Lipinski definition) is 3. The summed E-state index contributed by atoms with van der Waals surface area (Å²) in [6, 6.07) is 2.04. The van der Waals surface area contributed by atoms with Crippen molar-refractivity contribution in [1.29, 1.82) is 0 Å². The lowest BCUT2D eigenvalue weighted by Crippen LogP contribution is -2.27. The van der Waals surface area contributed by atoms with Gasteiger partial charge >= 0.3 is 0 Å². The second kappa shape index (κ2) is 5.10. The van der Waals surface area contributed by atoms with E-state index in [9.17, 15) is 4.79 Å². The second-order valence-corrected chi connectivity index (χ2v) is 4.12. The van der Waals surface area contributed by atoms with E-state index in [1.807, 2.05) is 13.0 Å². The van der Waals surface area contributed by atoms with Gasteiger partial charge in [0.2, 0.25) is 5.91 Å². The van der Waals surface area contributed by atoms with Gasteiger partial charge in [-0.1, -0.05) is 6.08 Å². The highest BCUT2D eigenvalue weighted by Gasteiger charge is 2.13. The molecule has 90 valence electrons. The quantitative estimate of drug-likeness (QED) is 0.780. The molecule has 0 unspecified atom stereocenters. The SMILES string of the molecule is C/C=C/C(=O)N(C)c1cnc2c(c1)CNCC2. The van der Waals surface area contributed by atoms with Crippen LogP contribution in [0.25, 0.3) is 0 Å². The maximum atomic E-state index is 11.7. The zero-order chi connectivity index (χ0) is 12.3. The Hall–Kier alpha value is -1.68. The van der Waals surface area contributed by atoms with Crippen molar-refractivity contribution in [2.45, 2.75) is 19.9 Å². The number of aromatic nitrogens is 1. The lowest BCUT2D eigenvalue weighted by atomic mass is 10.1. The molecule has 0 aliphatic carbocycles. The number of nitrogens with zero attached hydrogens (tertiary/aromatic N) is 2. The molecule has 1 aliphatic heterocycles. The summed E-state index contributed by atoms with van der Waals surface area (Å²) in [6.07, 6.45) is 6.03. The van der Waals surface area contributed by atoms with E-state index in [1.54, 1.807) is 30.3 Å². The molecular formula is C13H17N3O. The smallest absolute Gasteiger partial charge is 0.250 e. The molecule has 1 aromatic heterocycles. The number of hydrogen-bond donors (Lipinski definition) is 1. The number of amides is 1. The van der Waals surface area contributed by atoms with Crippen LogP contribution in [0.5, 0.6) is 0 Å². The second-order valence-electron chi connectivity index (χ2n) is 4.12. The molecule has 17 heavy (non-hydrogen) atoms. The lowest BCUT2D eigenvalue weighted by Gasteiger charge is -2.20. The van der Waals surface area contributed by atoms with E-state index in [0.29, 0.717) is 0 Å². The summed E-state index contributed by atoms with van der Waals surface area (Å²) < 4.78 is 0. The number of rotatable bonds is 2. The van der Waals surface area contributed by atoms with Gasteiger partial charge in [-0.25, -0.2) is 0 Å². The van der Waals surface area contributed by atoms with Gasteiger partial charge in [-0.15, -0.1) is 0 Å². The van der Waals surface area contributed by atoms with Crippen LogP contribution in [0.15, 0.2) is 24.4 Å². The molecule has 0 spiro atoms. The van der Waals surface area contributed by atoms with E-state index < -0.39 is 0 Å². The summed E-state index contributed by atoms with van der Waals surface area (Å²) in [6.45, 7) is 3.65. The Morgan fingerprint density at radius 3 is 3.18 bits per heavy atom. The molecule has 2 heterocycles. The molecule has 0 saturated carbocycles. The van der Waals surface area contributed by atoms with E-state index in [1.165, 1.54) is 5.56 Å². The molecule has 2 rings (SSSR count). The third kappa shape index (κ3) is 2.53. The minimum absolute atomic E-state index is 0.0296. The third-order valence-electron chi connectivity index (χ3n) is 2.93. The van der Waals surface area contributed by atoms with E-state index in [4.69, 9.17) is 0 Å². The molecule has 0 radical (unpaired) electrons. The van der Waals surface area contributed by atoms with Crippen LogP contribution in [0.2, 0.25) is 0 Å². The lowest BCUT2D eigenvalue weighted by molar-refractivity contribution is -0.113. The fraction of sp³-hybridized carbons (Fsp3) is 0.385. The van der Waals surface area contributed by atoms with Gasteiger partial charge in [-0.2, -0.15) is 0 Å². The first-order valence-electron chi connectivity index (χ1n) is 5.81. The molecule has 0 aromatic carbocycles. The fourth-order valence-electron chi connectivity index (χ4n) is 1.90. The van der Waals surface area contributed by atoms with Gasteiger partial charge < -0.3 is 10.2 Å². The van der Waals surface area contributed by atoms with Gasteiger partial charge in [0, 0.05) is 32.3 Å². The van der Waals surface area contributed by atoms with E-state index in [-0.39, 0.29) is 5.91 Å². The average Bonchev–Trinajstić information content (AvgIpc) is 2.37. The number of likely N-dealkylation sites (N-methyl/N-ethyl adjacent to an activating group) is 1. The monoisotopic (exact) mass is 231 g/mol. The van der Waals surface area contributed by atoms with Crippen molar-refractivity contribution in [3.63, 3.8) is 0 Å². The molecular weight excluding hydrogens is 214 g/mol. The topological polar surface area (TPSA) is 45.2 Å². The highest BCUT2D eigenvalue weighted by atomic mass is 16.2. The highest BCUT2D eigenvalue weighted by molar-refractivity contribution is 6.00. The first-order chi connectivity index (χ1) is 8.22. The van der Waals surface area contributed by atoms with Gasteiger partial charge in [0.1, 0.15) is 0 Å². The summed E-state index contributed by atoms with van der Waals surface area (Å²) in [5.74, 6) is -0.0296. The first kappa shape index (κ1) is 11.8. The van der Waals surface area contributed by atoms with Crippen molar-refractivity contribution in [2.75, 3.05) is 18.5 Å². The molecule has 0 bridgehead atoms. The molecule has 1 aromatic rings. The summed E-state index contributed by atoms with van der Waals surface area (Å²) in [4.78, 5) is 17.7. The molecule has 1 N–H and O–H groups in total. The van der Waals surface area contributed by atoms with Gasteiger partial charge in [0.25, 0.3) is 0 Å². The Labute approximate surface area is 101 Å². The number of pyridine rings is 1. The number of fused-ring (bicyclic) bond motifs is 1. The van der Waals surface area contributed by atoms with Crippen molar-refractivity contribution in [3.8, 4) is 0 Å². The predicted molar refractivity (Wildman–Crippen MR) is 67.9 cm³/mol. The van der Waals surface area contributed by atoms with E-state index in [2.05, 4.69) is 10.3 Å². The predicted octanol–water partition coefficient (Wildman–Crippen LogP) is 1.27. The third-order valence-corrected chi connectivity index (χ3v) is 2.93. The van der Waals surface area contributed by atoms with Crippen molar-refractivity contribution >= 4 is 11.6 Å². The Morgan fingerprint density at radius 1 is 1.59 bits per heavy atom. The van der Waals surface area contributed by atoms with E-state index >= 15 is 0 Å². The number of anilines is 1. The van der Waals surface area contributed by atoms with Crippen LogP contribution in [-0.2, 0) is 17.8 Å².